The van der Waals surface area contributed by atoms with Crippen LogP contribution in [-0.2, 0) is 12.3 Å². The monoisotopic (exact) mass is 309 g/mol. The van der Waals surface area contributed by atoms with Crippen molar-refractivity contribution in [3.8, 4) is 5.75 Å². The molecule has 1 heterocycles. The molecule has 0 bridgehead atoms. The van der Waals surface area contributed by atoms with E-state index in [-0.39, 0.29) is 0 Å². The van der Waals surface area contributed by atoms with Crippen LogP contribution in [0.3, 0.4) is 0 Å². The van der Waals surface area contributed by atoms with Crippen LogP contribution in [0.1, 0.15) is 33.8 Å². The van der Waals surface area contributed by atoms with Gasteiger partial charge in [-0.15, -0.1) is 22.9 Å². The Morgan fingerprint density at radius 3 is 2.65 bits per heavy atom. The summed E-state index contributed by atoms with van der Waals surface area (Å²) in [7, 11) is 0. The van der Waals surface area contributed by atoms with Crippen molar-refractivity contribution in [3.63, 3.8) is 0 Å². The van der Waals surface area contributed by atoms with E-state index in [2.05, 4.69) is 37.9 Å². The molecule has 0 spiro atoms. The van der Waals surface area contributed by atoms with E-state index >= 15 is 0 Å². The first-order chi connectivity index (χ1) is 9.61. The molecular formula is C16H20ClNOS. The average Bonchev–Trinajstić information content (AvgIpc) is 2.90. The molecule has 2 rings (SSSR count). The van der Waals surface area contributed by atoms with Crippen LogP contribution in [0.4, 0.5) is 0 Å². The first kappa shape index (κ1) is 15.3. The lowest BCUT2D eigenvalue weighted by Gasteiger charge is -2.13. The molecule has 0 radical (unpaired) electrons. The average molecular weight is 310 g/mol. The SMILES string of the molecule is Cc1ccc(C)c(OCCCc2nc(CCl)cs2)c1C. The number of aromatic nitrogens is 1. The molecule has 4 heteroatoms. The van der Waals surface area contributed by atoms with E-state index in [0.717, 1.165) is 35.9 Å². The summed E-state index contributed by atoms with van der Waals surface area (Å²) in [5.41, 5.74) is 4.69. The van der Waals surface area contributed by atoms with E-state index in [1.54, 1.807) is 11.3 Å². The Labute approximate surface area is 129 Å². The van der Waals surface area contributed by atoms with Crippen molar-refractivity contribution >= 4 is 22.9 Å². The van der Waals surface area contributed by atoms with E-state index in [4.69, 9.17) is 16.3 Å². The highest BCUT2D eigenvalue weighted by atomic mass is 35.5. The van der Waals surface area contributed by atoms with Crippen molar-refractivity contribution in [3.05, 3.63) is 44.9 Å². The maximum Gasteiger partial charge on any atom is 0.125 e. The van der Waals surface area contributed by atoms with Crippen LogP contribution in [0.25, 0.3) is 0 Å². The third-order valence-corrected chi connectivity index (χ3v) is 4.62. The smallest absolute Gasteiger partial charge is 0.125 e. The highest BCUT2D eigenvalue weighted by Gasteiger charge is 2.06. The Hall–Kier alpha value is -1.06. The van der Waals surface area contributed by atoms with Crippen molar-refractivity contribution < 1.29 is 4.74 Å². The molecule has 20 heavy (non-hydrogen) atoms. The Morgan fingerprint density at radius 2 is 1.95 bits per heavy atom. The molecule has 0 fully saturated rings. The fraction of sp³-hybridized carbons (Fsp3) is 0.438. The zero-order valence-corrected chi connectivity index (χ0v) is 13.8. The second-order valence-electron chi connectivity index (χ2n) is 4.97. The maximum atomic E-state index is 5.95. The van der Waals surface area contributed by atoms with Crippen LogP contribution in [0.15, 0.2) is 17.5 Å². The Kier molecular flexibility index (Phi) is 5.44. The summed E-state index contributed by atoms with van der Waals surface area (Å²) in [6.07, 6.45) is 1.92. The molecule has 2 aromatic rings. The van der Waals surface area contributed by atoms with Crippen LogP contribution < -0.4 is 4.74 Å². The molecule has 2 nitrogen and oxygen atoms in total. The molecule has 0 unspecified atom stereocenters. The number of rotatable bonds is 6. The summed E-state index contributed by atoms with van der Waals surface area (Å²) >= 11 is 7.43. The van der Waals surface area contributed by atoms with E-state index < -0.39 is 0 Å². The summed E-state index contributed by atoms with van der Waals surface area (Å²) in [6, 6.07) is 4.26. The number of halogens is 1. The van der Waals surface area contributed by atoms with Gasteiger partial charge in [-0.25, -0.2) is 4.98 Å². The molecule has 0 saturated carbocycles. The minimum absolute atomic E-state index is 0.495. The zero-order valence-electron chi connectivity index (χ0n) is 12.2. The lowest BCUT2D eigenvalue weighted by molar-refractivity contribution is 0.306. The van der Waals surface area contributed by atoms with Gasteiger partial charge in [0, 0.05) is 11.8 Å². The molecule has 108 valence electrons. The largest absolute Gasteiger partial charge is 0.493 e. The molecule has 0 amide bonds. The summed E-state index contributed by atoms with van der Waals surface area (Å²) in [5, 5.41) is 3.17. The first-order valence-electron chi connectivity index (χ1n) is 6.80. The molecule has 0 aliphatic carbocycles. The highest BCUT2D eigenvalue weighted by Crippen LogP contribution is 2.26. The maximum absolute atomic E-state index is 5.95. The minimum Gasteiger partial charge on any atom is -0.493 e. The molecule has 1 aromatic heterocycles. The normalized spacial score (nSPS) is 10.8. The van der Waals surface area contributed by atoms with Gasteiger partial charge in [0.15, 0.2) is 0 Å². The third-order valence-electron chi connectivity index (χ3n) is 3.39. The van der Waals surface area contributed by atoms with E-state index in [1.165, 1.54) is 16.7 Å². The lowest BCUT2D eigenvalue weighted by Crippen LogP contribution is -2.03. The van der Waals surface area contributed by atoms with E-state index in [1.807, 2.05) is 5.38 Å². The summed E-state index contributed by atoms with van der Waals surface area (Å²) in [6.45, 7) is 7.05. The minimum atomic E-state index is 0.495. The molecule has 0 N–H and O–H groups in total. The number of benzene rings is 1. The fourth-order valence-corrected chi connectivity index (χ4v) is 3.14. The summed E-state index contributed by atoms with van der Waals surface area (Å²) in [4.78, 5) is 4.45. The van der Waals surface area contributed by atoms with Crippen molar-refractivity contribution in [1.29, 1.82) is 0 Å². The van der Waals surface area contributed by atoms with Gasteiger partial charge < -0.3 is 4.74 Å². The Balaban J connectivity index is 1.86. The van der Waals surface area contributed by atoms with Gasteiger partial charge >= 0.3 is 0 Å². The van der Waals surface area contributed by atoms with E-state index in [9.17, 15) is 0 Å². The molecular weight excluding hydrogens is 290 g/mol. The first-order valence-corrected chi connectivity index (χ1v) is 8.22. The van der Waals surface area contributed by atoms with Crippen molar-refractivity contribution in [2.45, 2.75) is 39.5 Å². The van der Waals surface area contributed by atoms with Gasteiger partial charge in [-0.05, 0) is 43.9 Å². The predicted molar refractivity (Wildman–Crippen MR) is 86.1 cm³/mol. The number of alkyl halides is 1. The summed E-state index contributed by atoms with van der Waals surface area (Å²) < 4.78 is 5.95. The summed E-state index contributed by atoms with van der Waals surface area (Å²) in [5.74, 6) is 1.53. The van der Waals surface area contributed by atoms with E-state index in [0.29, 0.717) is 5.88 Å². The van der Waals surface area contributed by atoms with Crippen molar-refractivity contribution in [1.82, 2.24) is 4.98 Å². The molecule has 0 atom stereocenters. The van der Waals surface area contributed by atoms with Crippen LogP contribution in [0.5, 0.6) is 5.75 Å². The molecule has 0 saturated heterocycles. The van der Waals surface area contributed by atoms with Crippen LogP contribution in [-0.4, -0.2) is 11.6 Å². The highest BCUT2D eigenvalue weighted by molar-refractivity contribution is 7.09. The number of hydrogen-bond donors (Lipinski definition) is 0. The van der Waals surface area contributed by atoms with Gasteiger partial charge in [-0.2, -0.15) is 0 Å². The zero-order chi connectivity index (χ0) is 14.5. The van der Waals surface area contributed by atoms with Gasteiger partial charge in [-0.1, -0.05) is 12.1 Å². The molecule has 0 aliphatic rings. The standard InChI is InChI=1S/C16H20ClNOS/c1-11-6-7-12(2)16(13(11)3)19-8-4-5-15-18-14(9-17)10-20-15/h6-7,10H,4-5,8-9H2,1-3H3. The number of thiazole rings is 1. The fourth-order valence-electron chi connectivity index (χ4n) is 2.07. The Morgan fingerprint density at radius 1 is 1.20 bits per heavy atom. The number of ether oxygens (including phenoxy) is 1. The van der Waals surface area contributed by atoms with Gasteiger partial charge in [0.1, 0.15) is 5.75 Å². The molecule has 1 aromatic carbocycles. The van der Waals surface area contributed by atoms with Crippen LogP contribution >= 0.6 is 22.9 Å². The van der Waals surface area contributed by atoms with Gasteiger partial charge in [-0.3, -0.25) is 0 Å². The van der Waals surface area contributed by atoms with Gasteiger partial charge in [0.05, 0.1) is 23.2 Å². The molecule has 0 aliphatic heterocycles. The third kappa shape index (κ3) is 3.74. The van der Waals surface area contributed by atoms with Crippen LogP contribution in [0, 0.1) is 20.8 Å². The number of hydrogen-bond acceptors (Lipinski definition) is 3. The predicted octanol–water partition coefficient (Wildman–Crippen LogP) is 4.82. The lowest BCUT2D eigenvalue weighted by atomic mass is 10.1. The second kappa shape index (κ2) is 7.09. The Bertz CT molecular complexity index is 580. The second-order valence-corrected chi connectivity index (χ2v) is 6.18. The number of nitrogens with zero attached hydrogens (tertiary/aromatic N) is 1. The number of aryl methyl sites for hydroxylation is 3. The van der Waals surface area contributed by atoms with Crippen LogP contribution in [0.2, 0.25) is 0 Å². The van der Waals surface area contributed by atoms with Crippen molar-refractivity contribution in [2.75, 3.05) is 6.61 Å². The van der Waals surface area contributed by atoms with Gasteiger partial charge in [0.25, 0.3) is 0 Å². The van der Waals surface area contributed by atoms with Gasteiger partial charge in [0.2, 0.25) is 0 Å². The quantitative estimate of drug-likeness (QED) is 0.564. The van der Waals surface area contributed by atoms with Crippen molar-refractivity contribution in [2.24, 2.45) is 0 Å². The topological polar surface area (TPSA) is 22.1 Å².